The number of aromatic nitrogens is 1. The largest absolute Gasteiger partial charge is 0.344 e. The maximum absolute atomic E-state index is 11.6. The van der Waals surface area contributed by atoms with Gasteiger partial charge in [-0.15, -0.1) is 0 Å². The van der Waals surface area contributed by atoms with Gasteiger partial charge in [-0.25, -0.2) is 8.42 Å². The topological polar surface area (TPSA) is 74.9 Å². The highest BCUT2D eigenvalue weighted by atomic mass is 32.2. The summed E-state index contributed by atoms with van der Waals surface area (Å²) in [4.78, 5) is 0. The minimum absolute atomic E-state index is 0.327. The molecule has 0 fully saturated rings. The summed E-state index contributed by atoms with van der Waals surface area (Å²) >= 11 is 0. The molecule has 3 rings (SSSR count). The van der Waals surface area contributed by atoms with E-state index in [4.69, 9.17) is 5.26 Å². The summed E-state index contributed by atoms with van der Waals surface area (Å²) in [7, 11) is -3.33. The molecule has 0 unspecified atom stereocenters. The number of nitriles is 1. The molecule has 0 amide bonds. The molecule has 0 saturated carbocycles. The first kappa shape index (κ1) is 19.0. The third-order valence-electron chi connectivity index (χ3n) is 4.80. The first-order chi connectivity index (χ1) is 12.9. The fraction of sp³-hybridized carbons (Fsp3) is 0.286. The SMILES string of the molecule is CCC(CC)n1cc(-c2ccc(C#N)cc2)c2ccc(NS(C)(=O)=O)cc21. The standard InChI is InChI=1S/C21H23N3O2S/c1-4-18(5-2)24-14-20(16-8-6-15(13-22)7-9-16)19-11-10-17(12-21(19)24)23-27(3,25)26/h6-12,14,18,23H,4-5H2,1-3H3. The number of rotatable bonds is 6. The van der Waals surface area contributed by atoms with Crippen LogP contribution in [0.5, 0.6) is 0 Å². The van der Waals surface area contributed by atoms with E-state index in [9.17, 15) is 8.42 Å². The van der Waals surface area contributed by atoms with Gasteiger partial charge in [-0.2, -0.15) is 5.26 Å². The van der Waals surface area contributed by atoms with Gasteiger partial charge in [-0.05, 0) is 42.7 Å². The lowest BCUT2D eigenvalue weighted by Crippen LogP contribution is -2.10. The number of sulfonamides is 1. The molecule has 5 nitrogen and oxygen atoms in total. The summed E-state index contributed by atoms with van der Waals surface area (Å²) in [6.07, 6.45) is 5.25. The van der Waals surface area contributed by atoms with Gasteiger partial charge >= 0.3 is 0 Å². The summed E-state index contributed by atoms with van der Waals surface area (Å²) < 4.78 is 28.0. The van der Waals surface area contributed by atoms with Crippen LogP contribution in [0, 0.1) is 11.3 Å². The van der Waals surface area contributed by atoms with Crippen molar-refractivity contribution in [2.45, 2.75) is 32.7 Å². The summed E-state index contributed by atoms with van der Waals surface area (Å²) in [5.41, 5.74) is 4.29. The van der Waals surface area contributed by atoms with Gasteiger partial charge in [0.2, 0.25) is 10.0 Å². The van der Waals surface area contributed by atoms with Crippen molar-refractivity contribution in [2.75, 3.05) is 11.0 Å². The minimum atomic E-state index is -3.33. The van der Waals surface area contributed by atoms with Crippen LogP contribution in [-0.2, 0) is 10.0 Å². The number of nitrogens with zero attached hydrogens (tertiary/aromatic N) is 2. The Balaban J connectivity index is 2.21. The Morgan fingerprint density at radius 1 is 1.11 bits per heavy atom. The van der Waals surface area contributed by atoms with E-state index < -0.39 is 10.0 Å². The quantitative estimate of drug-likeness (QED) is 0.659. The van der Waals surface area contributed by atoms with Crippen molar-refractivity contribution in [2.24, 2.45) is 0 Å². The van der Waals surface area contributed by atoms with E-state index in [-0.39, 0.29) is 0 Å². The summed E-state index contributed by atoms with van der Waals surface area (Å²) in [5, 5.41) is 10.1. The molecule has 1 heterocycles. The molecule has 2 aromatic carbocycles. The fourth-order valence-electron chi connectivity index (χ4n) is 3.47. The zero-order chi connectivity index (χ0) is 19.6. The minimum Gasteiger partial charge on any atom is -0.344 e. The summed E-state index contributed by atoms with van der Waals surface area (Å²) in [6.45, 7) is 4.31. The van der Waals surface area contributed by atoms with Crippen molar-refractivity contribution < 1.29 is 8.42 Å². The van der Waals surface area contributed by atoms with Crippen LogP contribution in [0.25, 0.3) is 22.0 Å². The van der Waals surface area contributed by atoms with Gasteiger partial charge in [0, 0.05) is 23.2 Å². The molecule has 0 saturated heterocycles. The Morgan fingerprint density at radius 3 is 2.33 bits per heavy atom. The average molecular weight is 382 g/mol. The third kappa shape index (κ3) is 3.99. The van der Waals surface area contributed by atoms with Crippen LogP contribution < -0.4 is 4.72 Å². The highest BCUT2D eigenvalue weighted by Gasteiger charge is 2.16. The molecule has 1 aromatic heterocycles. The maximum atomic E-state index is 11.6. The smallest absolute Gasteiger partial charge is 0.229 e. The van der Waals surface area contributed by atoms with Crippen molar-refractivity contribution in [1.29, 1.82) is 5.26 Å². The zero-order valence-corrected chi connectivity index (χ0v) is 16.5. The number of nitrogens with one attached hydrogen (secondary N) is 1. The molecule has 0 aliphatic carbocycles. The van der Waals surface area contributed by atoms with E-state index in [0.717, 1.165) is 41.1 Å². The molecule has 0 aliphatic heterocycles. The number of anilines is 1. The lowest BCUT2D eigenvalue weighted by molar-refractivity contribution is 0.486. The Morgan fingerprint density at radius 2 is 1.78 bits per heavy atom. The molecule has 0 radical (unpaired) electrons. The van der Waals surface area contributed by atoms with Crippen LogP contribution in [0.1, 0.15) is 38.3 Å². The first-order valence-electron chi connectivity index (χ1n) is 8.99. The second-order valence-corrected chi connectivity index (χ2v) is 8.46. The van der Waals surface area contributed by atoms with Crippen LogP contribution >= 0.6 is 0 Å². The zero-order valence-electron chi connectivity index (χ0n) is 15.7. The summed E-state index contributed by atoms with van der Waals surface area (Å²) in [6, 6.07) is 15.6. The lowest BCUT2D eigenvalue weighted by atomic mass is 10.0. The van der Waals surface area contributed by atoms with Crippen molar-refractivity contribution in [3.63, 3.8) is 0 Å². The number of fused-ring (bicyclic) bond motifs is 1. The predicted molar refractivity (Wildman–Crippen MR) is 110 cm³/mol. The van der Waals surface area contributed by atoms with E-state index in [1.807, 2.05) is 36.4 Å². The van der Waals surface area contributed by atoms with Gasteiger partial charge in [0.05, 0.1) is 29.1 Å². The van der Waals surface area contributed by atoms with Crippen molar-refractivity contribution in [3.8, 4) is 17.2 Å². The van der Waals surface area contributed by atoms with Gasteiger partial charge in [0.25, 0.3) is 0 Å². The molecular weight excluding hydrogens is 358 g/mol. The molecule has 0 bridgehead atoms. The Labute approximate surface area is 160 Å². The maximum Gasteiger partial charge on any atom is 0.229 e. The molecule has 27 heavy (non-hydrogen) atoms. The highest BCUT2D eigenvalue weighted by molar-refractivity contribution is 7.92. The predicted octanol–water partition coefficient (Wildman–Crippen LogP) is 4.91. The molecule has 3 aromatic rings. The molecule has 140 valence electrons. The monoisotopic (exact) mass is 381 g/mol. The van der Waals surface area contributed by atoms with Crippen molar-refractivity contribution in [1.82, 2.24) is 4.57 Å². The van der Waals surface area contributed by atoms with Crippen LogP contribution in [0.15, 0.2) is 48.7 Å². The lowest BCUT2D eigenvalue weighted by Gasteiger charge is -2.16. The number of hydrogen-bond acceptors (Lipinski definition) is 3. The fourth-order valence-corrected chi connectivity index (χ4v) is 4.02. The van der Waals surface area contributed by atoms with Gasteiger partial charge in [-0.1, -0.05) is 32.0 Å². The van der Waals surface area contributed by atoms with Crippen molar-refractivity contribution in [3.05, 3.63) is 54.2 Å². The second kappa shape index (κ2) is 7.45. The number of benzene rings is 2. The average Bonchev–Trinajstić information content (AvgIpc) is 3.00. The second-order valence-electron chi connectivity index (χ2n) is 6.72. The van der Waals surface area contributed by atoms with E-state index in [2.05, 4.69) is 35.4 Å². The Kier molecular flexibility index (Phi) is 5.24. The van der Waals surface area contributed by atoms with Gasteiger partial charge < -0.3 is 4.57 Å². The van der Waals surface area contributed by atoms with Gasteiger partial charge in [-0.3, -0.25) is 4.72 Å². The van der Waals surface area contributed by atoms with Crippen LogP contribution in [-0.4, -0.2) is 19.2 Å². The first-order valence-corrected chi connectivity index (χ1v) is 10.9. The van der Waals surface area contributed by atoms with Crippen molar-refractivity contribution >= 4 is 26.6 Å². The van der Waals surface area contributed by atoms with Crippen LogP contribution in [0.3, 0.4) is 0 Å². The van der Waals surface area contributed by atoms with E-state index in [1.54, 1.807) is 6.07 Å². The molecule has 1 N–H and O–H groups in total. The Bertz CT molecular complexity index is 1100. The van der Waals surface area contributed by atoms with Crippen LogP contribution in [0.2, 0.25) is 0 Å². The normalized spacial score (nSPS) is 11.7. The van der Waals surface area contributed by atoms with Gasteiger partial charge in [0.15, 0.2) is 0 Å². The van der Waals surface area contributed by atoms with E-state index in [1.165, 1.54) is 0 Å². The molecule has 0 atom stereocenters. The summed E-state index contributed by atoms with van der Waals surface area (Å²) in [5.74, 6) is 0. The number of hydrogen-bond donors (Lipinski definition) is 1. The molecule has 0 aliphatic rings. The Hall–Kier alpha value is -2.78. The van der Waals surface area contributed by atoms with E-state index in [0.29, 0.717) is 17.3 Å². The highest BCUT2D eigenvalue weighted by Crippen LogP contribution is 2.35. The molecule has 0 spiro atoms. The van der Waals surface area contributed by atoms with Crippen LogP contribution in [0.4, 0.5) is 5.69 Å². The van der Waals surface area contributed by atoms with Gasteiger partial charge in [0.1, 0.15) is 0 Å². The van der Waals surface area contributed by atoms with E-state index >= 15 is 0 Å². The molecular formula is C21H23N3O2S. The third-order valence-corrected chi connectivity index (χ3v) is 5.40. The molecule has 6 heteroatoms.